The molecule has 0 atom stereocenters. The quantitative estimate of drug-likeness (QED) is 0.239. The van der Waals surface area contributed by atoms with Crippen molar-refractivity contribution in [3.05, 3.63) is 81.9 Å². The van der Waals surface area contributed by atoms with E-state index in [0.717, 1.165) is 12.1 Å². The van der Waals surface area contributed by atoms with Crippen LogP contribution in [0.5, 0.6) is 0 Å². The number of rotatable bonds is 4. The number of carbonyl (C=O) groups is 2. The highest BCUT2D eigenvalue weighted by Gasteiger charge is 2.33. The van der Waals surface area contributed by atoms with Gasteiger partial charge in [-0.3, -0.25) is 9.59 Å². The third kappa shape index (κ3) is 5.40. The van der Waals surface area contributed by atoms with Crippen molar-refractivity contribution in [2.75, 3.05) is 5.32 Å². The lowest BCUT2D eigenvalue weighted by molar-refractivity contribution is -0.137. The van der Waals surface area contributed by atoms with E-state index in [9.17, 15) is 27.2 Å². The molecule has 172 valence electrons. The summed E-state index contributed by atoms with van der Waals surface area (Å²) in [5.74, 6) is -2.83. The molecule has 11 heteroatoms. The SMILES string of the molecule is Cc1cc(/C=N\NC(=O)C(=O)Nc2ccc(Cl)c(C(F)(F)F)c2)c(C)n1-c1ccccc1F. The number of hydrogen-bond acceptors (Lipinski definition) is 3. The topological polar surface area (TPSA) is 75.5 Å². The van der Waals surface area contributed by atoms with Gasteiger partial charge >= 0.3 is 18.0 Å². The van der Waals surface area contributed by atoms with Crippen LogP contribution < -0.4 is 10.7 Å². The van der Waals surface area contributed by atoms with Crippen molar-refractivity contribution in [2.24, 2.45) is 5.10 Å². The number of para-hydroxylation sites is 1. The molecule has 0 spiro atoms. The van der Waals surface area contributed by atoms with Gasteiger partial charge in [0.05, 0.1) is 22.5 Å². The molecule has 0 aliphatic carbocycles. The summed E-state index contributed by atoms with van der Waals surface area (Å²) in [4.78, 5) is 24.0. The number of nitrogens with zero attached hydrogens (tertiary/aromatic N) is 2. The van der Waals surface area contributed by atoms with E-state index in [1.165, 1.54) is 12.3 Å². The van der Waals surface area contributed by atoms with Crippen LogP contribution in [0.4, 0.5) is 23.2 Å². The van der Waals surface area contributed by atoms with Crippen molar-refractivity contribution in [3.8, 4) is 5.69 Å². The number of nitrogens with one attached hydrogen (secondary N) is 2. The van der Waals surface area contributed by atoms with Crippen LogP contribution in [-0.2, 0) is 15.8 Å². The first-order chi connectivity index (χ1) is 15.5. The summed E-state index contributed by atoms with van der Waals surface area (Å²) in [5.41, 5.74) is 2.85. The molecule has 0 bridgehead atoms. The Kier molecular flexibility index (Phi) is 6.87. The third-order valence-corrected chi connectivity index (χ3v) is 5.00. The number of carbonyl (C=O) groups excluding carboxylic acids is 2. The summed E-state index contributed by atoms with van der Waals surface area (Å²) in [6.45, 7) is 3.50. The van der Waals surface area contributed by atoms with E-state index in [1.54, 1.807) is 42.7 Å². The zero-order chi connectivity index (χ0) is 24.3. The lowest BCUT2D eigenvalue weighted by atomic mass is 10.2. The minimum atomic E-state index is -4.72. The molecule has 0 aliphatic heterocycles. The predicted octanol–water partition coefficient (Wildman–Crippen LogP) is 4.99. The van der Waals surface area contributed by atoms with Gasteiger partial charge in [-0.15, -0.1) is 0 Å². The normalized spacial score (nSPS) is 11.6. The van der Waals surface area contributed by atoms with Gasteiger partial charge in [-0.1, -0.05) is 23.7 Å². The van der Waals surface area contributed by atoms with E-state index in [4.69, 9.17) is 11.6 Å². The van der Waals surface area contributed by atoms with Crippen LogP contribution in [0.2, 0.25) is 5.02 Å². The highest BCUT2D eigenvalue weighted by atomic mass is 35.5. The molecule has 1 aromatic heterocycles. The van der Waals surface area contributed by atoms with E-state index in [-0.39, 0.29) is 5.69 Å². The fraction of sp³-hybridized carbons (Fsp3) is 0.136. The summed E-state index contributed by atoms with van der Waals surface area (Å²) in [5, 5.41) is 5.23. The molecule has 0 unspecified atom stereocenters. The van der Waals surface area contributed by atoms with Crippen molar-refractivity contribution < 1.29 is 27.2 Å². The molecular weight excluding hydrogens is 464 g/mol. The summed E-state index contributed by atoms with van der Waals surface area (Å²) >= 11 is 5.53. The number of benzene rings is 2. The van der Waals surface area contributed by atoms with E-state index >= 15 is 0 Å². The number of amides is 2. The molecule has 1 heterocycles. The molecule has 2 N–H and O–H groups in total. The Hall–Kier alpha value is -3.66. The van der Waals surface area contributed by atoms with Crippen LogP contribution in [0, 0.1) is 19.7 Å². The molecule has 0 fully saturated rings. The Morgan fingerprint density at radius 2 is 1.76 bits per heavy atom. The largest absolute Gasteiger partial charge is 0.417 e. The van der Waals surface area contributed by atoms with Crippen LogP contribution in [0.3, 0.4) is 0 Å². The van der Waals surface area contributed by atoms with Crippen LogP contribution in [0.25, 0.3) is 5.69 Å². The Morgan fingerprint density at radius 3 is 2.42 bits per heavy atom. The van der Waals surface area contributed by atoms with Gasteiger partial charge in [0, 0.05) is 22.6 Å². The second-order valence-corrected chi connectivity index (χ2v) is 7.37. The molecule has 0 saturated carbocycles. The fourth-order valence-electron chi connectivity index (χ4n) is 3.14. The number of alkyl halides is 3. The zero-order valence-corrected chi connectivity index (χ0v) is 18.1. The van der Waals surface area contributed by atoms with Crippen molar-refractivity contribution in [1.82, 2.24) is 9.99 Å². The van der Waals surface area contributed by atoms with Gasteiger partial charge in [-0.2, -0.15) is 18.3 Å². The number of halogens is 5. The standard InChI is InChI=1S/C22H17ClF4N4O2/c1-12-9-14(13(2)31(12)19-6-4-3-5-18(19)24)11-28-30-21(33)20(32)29-15-7-8-17(23)16(10-15)22(25,26)27/h3-11H,1-2H3,(H,29,32)(H,30,33)/b28-11-. The molecule has 2 aromatic carbocycles. The highest BCUT2D eigenvalue weighted by Crippen LogP contribution is 2.36. The maximum Gasteiger partial charge on any atom is 0.417 e. The first-order valence-corrected chi connectivity index (χ1v) is 9.82. The summed E-state index contributed by atoms with van der Waals surface area (Å²) < 4.78 is 54.6. The monoisotopic (exact) mass is 480 g/mol. The summed E-state index contributed by atoms with van der Waals surface area (Å²) in [6, 6.07) is 10.6. The van der Waals surface area contributed by atoms with Gasteiger partial charge in [0.15, 0.2) is 0 Å². The minimum absolute atomic E-state index is 0.260. The summed E-state index contributed by atoms with van der Waals surface area (Å²) in [7, 11) is 0. The minimum Gasteiger partial charge on any atom is -0.318 e. The lowest BCUT2D eigenvalue weighted by Gasteiger charge is -2.11. The second kappa shape index (κ2) is 9.45. The van der Waals surface area contributed by atoms with Crippen molar-refractivity contribution >= 4 is 35.3 Å². The first kappa shape index (κ1) is 24.0. The van der Waals surface area contributed by atoms with Gasteiger partial charge < -0.3 is 9.88 Å². The molecule has 0 saturated heterocycles. The van der Waals surface area contributed by atoms with Gasteiger partial charge in [0.1, 0.15) is 5.82 Å². The Bertz CT molecular complexity index is 1250. The number of anilines is 1. The average molecular weight is 481 g/mol. The van der Waals surface area contributed by atoms with Crippen molar-refractivity contribution in [3.63, 3.8) is 0 Å². The van der Waals surface area contributed by atoms with Gasteiger partial charge in [0.25, 0.3) is 0 Å². The molecule has 0 radical (unpaired) electrons. The first-order valence-electron chi connectivity index (χ1n) is 9.44. The van der Waals surface area contributed by atoms with E-state index in [2.05, 4.69) is 10.4 Å². The van der Waals surface area contributed by atoms with Crippen LogP contribution in [0.1, 0.15) is 22.5 Å². The Balaban J connectivity index is 1.69. The fourth-order valence-corrected chi connectivity index (χ4v) is 3.37. The zero-order valence-electron chi connectivity index (χ0n) is 17.3. The smallest absolute Gasteiger partial charge is 0.318 e. The number of aryl methyl sites for hydroxylation is 1. The Labute approximate surface area is 190 Å². The second-order valence-electron chi connectivity index (χ2n) is 6.96. The van der Waals surface area contributed by atoms with Crippen LogP contribution >= 0.6 is 11.6 Å². The van der Waals surface area contributed by atoms with Gasteiger partial charge in [0.2, 0.25) is 0 Å². The molecule has 33 heavy (non-hydrogen) atoms. The highest BCUT2D eigenvalue weighted by molar-refractivity contribution is 6.39. The van der Waals surface area contributed by atoms with Gasteiger partial charge in [-0.25, -0.2) is 9.82 Å². The lowest BCUT2D eigenvalue weighted by Crippen LogP contribution is -2.32. The molecule has 6 nitrogen and oxygen atoms in total. The van der Waals surface area contributed by atoms with Crippen molar-refractivity contribution in [2.45, 2.75) is 20.0 Å². The molecular formula is C22H17ClF4N4O2. The molecule has 3 rings (SSSR count). The number of aromatic nitrogens is 1. The maximum atomic E-state index is 14.2. The average Bonchev–Trinajstić information content (AvgIpc) is 3.02. The van der Waals surface area contributed by atoms with Crippen LogP contribution in [0.15, 0.2) is 53.6 Å². The predicted molar refractivity (Wildman–Crippen MR) is 116 cm³/mol. The summed E-state index contributed by atoms with van der Waals surface area (Å²) in [6.07, 6.45) is -3.45. The Morgan fingerprint density at radius 1 is 1.06 bits per heavy atom. The number of hydrazone groups is 1. The van der Waals surface area contributed by atoms with Crippen molar-refractivity contribution in [1.29, 1.82) is 0 Å². The van der Waals surface area contributed by atoms with Gasteiger partial charge in [-0.05, 0) is 50.2 Å². The molecule has 2 amide bonds. The van der Waals surface area contributed by atoms with E-state index in [1.807, 2.05) is 5.43 Å². The molecule has 3 aromatic rings. The molecule has 0 aliphatic rings. The van der Waals surface area contributed by atoms with E-state index in [0.29, 0.717) is 28.7 Å². The van der Waals surface area contributed by atoms with Crippen LogP contribution in [-0.4, -0.2) is 22.6 Å². The number of hydrogen-bond donors (Lipinski definition) is 2. The maximum absolute atomic E-state index is 14.2. The third-order valence-electron chi connectivity index (χ3n) is 4.67. The van der Waals surface area contributed by atoms with E-state index < -0.39 is 34.4 Å².